The van der Waals surface area contributed by atoms with Crippen LogP contribution in [0.3, 0.4) is 0 Å². The Labute approximate surface area is 242 Å². The summed E-state index contributed by atoms with van der Waals surface area (Å²) in [6.45, 7) is 4.25. The van der Waals surface area contributed by atoms with Crippen molar-refractivity contribution in [3.63, 3.8) is 0 Å². The Hall–Kier alpha value is -3.54. The first-order valence-corrected chi connectivity index (χ1v) is 16.2. The lowest BCUT2D eigenvalue weighted by Crippen LogP contribution is -2.17. The van der Waals surface area contributed by atoms with Crippen molar-refractivity contribution in [1.29, 1.82) is 0 Å². The van der Waals surface area contributed by atoms with Crippen LogP contribution in [0.2, 0.25) is 0 Å². The maximum absolute atomic E-state index is 14.9. The summed E-state index contributed by atoms with van der Waals surface area (Å²) >= 11 is 0. The van der Waals surface area contributed by atoms with E-state index >= 15 is 0 Å². The Balaban J connectivity index is 1.90. The number of halogens is 3. The fourth-order valence-electron chi connectivity index (χ4n) is 4.98. The van der Waals surface area contributed by atoms with Gasteiger partial charge < -0.3 is 4.57 Å². The highest BCUT2D eigenvalue weighted by Crippen LogP contribution is 2.48. The SMILES string of the molecule is CCCCC#Cc1c(CCCC)cc(CP(=O)(c2ccccc2)c2ccccc2)cc1-c1ccc(C(F)(F)F)cc1. The van der Waals surface area contributed by atoms with Crippen LogP contribution in [0.25, 0.3) is 11.1 Å². The molecule has 0 fully saturated rings. The Morgan fingerprint density at radius 1 is 0.756 bits per heavy atom. The summed E-state index contributed by atoms with van der Waals surface area (Å²) in [5.74, 6) is 6.68. The van der Waals surface area contributed by atoms with Crippen molar-refractivity contribution in [3.05, 3.63) is 119 Å². The molecule has 0 bridgehead atoms. The van der Waals surface area contributed by atoms with Crippen molar-refractivity contribution in [2.75, 3.05) is 0 Å². The van der Waals surface area contributed by atoms with Crippen molar-refractivity contribution in [1.82, 2.24) is 0 Å². The Morgan fingerprint density at radius 3 is 1.88 bits per heavy atom. The Bertz CT molecular complexity index is 1490. The van der Waals surface area contributed by atoms with Gasteiger partial charge in [0.05, 0.1) is 5.56 Å². The van der Waals surface area contributed by atoms with E-state index in [1.807, 2.05) is 66.7 Å². The number of benzene rings is 4. The predicted molar refractivity (Wildman–Crippen MR) is 165 cm³/mol. The number of aryl methyl sites for hydroxylation is 1. The molecule has 0 unspecified atom stereocenters. The van der Waals surface area contributed by atoms with E-state index in [1.165, 1.54) is 12.1 Å². The van der Waals surface area contributed by atoms with Gasteiger partial charge in [0.15, 0.2) is 0 Å². The third kappa shape index (κ3) is 7.60. The summed E-state index contributed by atoms with van der Waals surface area (Å²) in [6, 6.07) is 28.5. The van der Waals surface area contributed by atoms with Crippen molar-refractivity contribution in [2.24, 2.45) is 0 Å². The van der Waals surface area contributed by atoms with Gasteiger partial charge in [-0.15, -0.1) is 0 Å². The average Bonchev–Trinajstić information content (AvgIpc) is 2.99. The second-order valence-electron chi connectivity index (χ2n) is 10.3. The third-order valence-electron chi connectivity index (χ3n) is 7.22. The Kier molecular flexibility index (Phi) is 10.3. The van der Waals surface area contributed by atoms with Crippen LogP contribution < -0.4 is 10.6 Å². The van der Waals surface area contributed by atoms with Crippen LogP contribution in [-0.2, 0) is 23.3 Å². The zero-order chi connectivity index (χ0) is 29.3. The normalized spacial score (nSPS) is 11.6. The first kappa shape index (κ1) is 30.4. The molecule has 0 aliphatic carbocycles. The van der Waals surface area contributed by atoms with Crippen LogP contribution in [-0.4, -0.2) is 0 Å². The van der Waals surface area contributed by atoms with Crippen molar-refractivity contribution < 1.29 is 17.7 Å². The van der Waals surface area contributed by atoms with E-state index in [9.17, 15) is 17.7 Å². The standard InChI is InChI=1S/C36H36F3OP/c1-3-5-7-14-20-34-30(15-6-4-2)25-28(26-35(34)29-21-23-31(24-22-29)36(37,38)39)27-41(40,32-16-10-8-11-17-32)33-18-12-9-13-19-33/h8-13,16-19,21-26H,3-7,15,27H2,1-2H3. The van der Waals surface area contributed by atoms with Crippen LogP contribution in [0.1, 0.15) is 68.2 Å². The zero-order valence-electron chi connectivity index (χ0n) is 23.7. The van der Waals surface area contributed by atoms with Gasteiger partial charge >= 0.3 is 6.18 Å². The molecule has 0 N–H and O–H groups in total. The topological polar surface area (TPSA) is 17.1 Å². The summed E-state index contributed by atoms with van der Waals surface area (Å²) in [5.41, 5.74) is 3.58. The molecule has 0 aromatic heterocycles. The van der Waals surface area contributed by atoms with Gasteiger partial charge in [-0.3, -0.25) is 0 Å². The molecule has 4 aromatic carbocycles. The van der Waals surface area contributed by atoms with Gasteiger partial charge in [0, 0.05) is 28.8 Å². The molecule has 0 amide bonds. The van der Waals surface area contributed by atoms with E-state index in [0.29, 0.717) is 11.7 Å². The summed E-state index contributed by atoms with van der Waals surface area (Å²) in [6.07, 6.45) is 1.42. The molecule has 0 aliphatic rings. The quantitative estimate of drug-likeness (QED) is 0.105. The van der Waals surface area contributed by atoms with Gasteiger partial charge in [0.1, 0.15) is 7.14 Å². The van der Waals surface area contributed by atoms with E-state index in [4.69, 9.17) is 0 Å². The molecule has 212 valence electrons. The lowest BCUT2D eigenvalue weighted by molar-refractivity contribution is -0.137. The first-order chi connectivity index (χ1) is 19.8. The van der Waals surface area contributed by atoms with Crippen LogP contribution in [0.15, 0.2) is 97.1 Å². The van der Waals surface area contributed by atoms with Crippen molar-refractivity contribution >= 4 is 17.8 Å². The molecule has 0 heterocycles. The molecule has 0 spiro atoms. The highest BCUT2D eigenvalue weighted by molar-refractivity contribution is 7.78. The fraction of sp³-hybridized carbons (Fsp3) is 0.278. The van der Waals surface area contributed by atoms with Gasteiger partial charge in [-0.05, 0) is 59.7 Å². The number of unbranched alkanes of at least 4 members (excludes halogenated alkanes) is 3. The number of alkyl halides is 3. The molecule has 41 heavy (non-hydrogen) atoms. The van der Waals surface area contributed by atoms with Crippen molar-refractivity contribution in [3.8, 4) is 23.0 Å². The molecular formula is C36H36F3OP. The third-order valence-corrected chi connectivity index (χ3v) is 10.3. The Morgan fingerprint density at radius 2 is 1.34 bits per heavy atom. The maximum Gasteiger partial charge on any atom is 0.416 e. The summed E-state index contributed by atoms with van der Waals surface area (Å²) in [4.78, 5) is 0. The van der Waals surface area contributed by atoms with Gasteiger partial charge in [0.25, 0.3) is 0 Å². The molecule has 0 radical (unpaired) electrons. The number of hydrogen-bond donors (Lipinski definition) is 0. The summed E-state index contributed by atoms with van der Waals surface area (Å²) in [5, 5.41) is 1.56. The largest absolute Gasteiger partial charge is 0.416 e. The van der Waals surface area contributed by atoms with Crippen LogP contribution in [0, 0.1) is 11.8 Å². The molecule has 0 saturated heterocycles. The monoisotopic (exact) mass is 572 g/mol. The highest BCUT2D eigenvalue weighted by atomic mass is 31.2. The molecule has 4 aromatic rings. The lowest BCUT2D eigenvalue weighted by atomic mass is 9.90. The fourth-order valence-corrected chi connectivity index (χ4v) is 7.65. The molecule has 5 heteroatoms. The predicted octanol–water partition coefficient (Wildman–Crippen LogP) is 9.77. The lowest BCUT2D eigenvalue weighted by Gasteiger charge is -2.22. The molecular weight excluding hydrogens is 536 g/mol. The van der Waals surface area contributed by atoms with Gasteiger partial charge in [-0.2, -0.15) is 13.2 Å². The van der Waals surface area contributed by atoms with Gasteiger partial charge in [-0.1, -0.05) is 117 Å². The van der Waals surface area contributed by atoms with Gasteiger partial charge in [-0.25, -0.2) is 0 Å². The van der Waals surface area contributed by atoms with Gasteiger partial charge in [0.2, 0.25) is 0 Å². The second kappa shape index (κ2) is 13.9. The second-order valence-corrected chi connectivity index (χ2v) is 13.2. The van der Waals surface area contributed by atoms with Crippen LogP contribution >= 0.6 is 7.14 Å². The molecule has 0 atom stereocenters. The van der Waals surface area contributed by atoms with E-state index in [-0.39, 0.29) is 0 Å². The highest BCUT2D eigenvalue weighted by Gasteiger charge is 2.31. The minimum absolute atomic E-state index is 0.303. The van der Waals surface area contributed by atoms with E-state index < -0.39 is 18.9 Å². The van der Waals surface area contributed by atoms with Crippen LogP contribution in [0.5, 0.6) is 0 Å². The average molecular weight is 573 g/mol. The number of hydrogen-bond acceptors (Lipinski definition) is 1. The van der Waals surface area contributed by atoms with E-state index in [2.05, 4.69) is 31.8 Å². The zero-order valence-corrected chi connectivity index (χ0v) is 24.6. The van der Waals surface area contributed by atoms with Crippen molar-refractivity contribution in [2.45, 2.75) is 64.7 Å². The molecule has 4 rings (SSSR count). The van der Waals surface area contributed by atoms with E-state index in [1.54, 1.807) is 0 Å². The van der Waals surface area contributed by atoms with E-state index in [0.717, 1.165) is 83.5 Å². The maximum atomic E-state index is 14.9. The van der Waals surface area contributed by atoms with Crippen LogP contribution in [0.4, 0.5) is 13.2 Å². The molecule has 0 aliphatic heterocycles. The summed E-state index contributed by atoms with van der Waals surface area (Å²) < 4.78 is 55.0. The first-order valence-electron chi connectivity index (χ1n) is 14.3. The smallest absolute Gasteiger partial charge is 0.313 e. The summed E-state index contributed by atoms with van der Waals surface area (Å²) in [7, 11) is -3.06. The minimum atomic E-state index is -4.41. The molecule has 1 nitrogen and oxygen atoms in total. The minimum Gasteiger partial charge on any atom is -0.313 e. The molecule has 0 saturated carbocycles. The number of rotatable bonds is 10.